The molecule has 34 heavy (non-hydrogen) atoms. The lowest BCUT2D eigenvalue weighted by Crippen LogP contribution is -2.41. The SMILES string of the molecule is N#CCNC(=O)C1CC(F)(F)CCC1c1ccccc1-c1ccc(SCc2cccnc2)cc1. The highest BCUT2D eigenvalue weighted by Gasteiger charge is 2.45. The molecule has 1 fully saturated rings. The molecule has 1 aliphatic rings. The molecule has 4 rings (SSSR count). The maximum absolute atomic E-state index is 14.2. The summed E-state index contributed by atoms with van der Waals surface area (Å²) in [6.45, 7) is -0.187. The van der Waals surface area contributed by atoms with Gasteiger partial charge < -0.3 is 5.32 Å². The Morgan fingerprint density at radius 2 is 1.94 bits per heavy atom. The van der Waals surface area contributed by atoms with Gasteiger partial charge in [-0.3, -0.25) is 9.78 Å². The van der Waals surface area contributed by atoms with Gasteiger partial charge in [-0.2, -0.15) is 5.26 Å². The van der Waals surface area contributed by atoms with Crippen molar-refractivity contribution in [2.45, 2.75) is 41.8 Å². The van der Waals surface area contributed by atoms with Gasteiger partial charge in [0.2, 0.25) is 11.8 Å². The molecular weight excluding hydrogens is 452 g/mol. The summed E-state index contributed by atoms with van der Waals surface area (Å²) in [5.41, 5.74) is 3.97. The first-order chi connectivity index (χ1) is 16.5. The molecule has 7 heteroatoms. The maximum atomic E-state index is 14.2. The van der Waals surface area contributed by atoms with E-state index in [9.17, 15) is 13.6 Å². The number of pyridine rings is 1. The molecule has 0 radical (unpaired) electrons. The number of amides is 1. The minimum atomic E-state index is -2.88. The molecule has 174 valence electrons. The summed E-state index contributed by atoms with van der Waals surface area (Å²) in [4.78, 5) is 18.0. The summed E-state index contributed by atoms with van der Waals surface area (Å²) in [5.74, 6) is -3.77. The zero-order valence-corrected chi connectivity index (χ0v) is 19.4. The second kappa shape index (κ2) is 10.8. The molecule has 0 saturated heterocycles. The molecule has 1 heterocycles. The van der Waals surface area contributed by atoms with Crippen molar-refractivity contribution >= 4 is 17.7 Å². The van der Waals surface area contributed by atoms with Crippen molar-refractivity contribution in [3.05, 3.63) is 84.2 Å². The molecule has 2 unspecified atom stereocenters. The Morgan fingerprint density at radius 3 is 2.68 bits per heavy atom. The van der Waals surface area contributed by atoms with E-state index in [4.69, 9.17) is 5.26 Å². The summed E-state index contributed by atoms with van der Waals surface area (Å²) in [5, 5.41) is 11.3. The molecule has 1 N–H and O–H groups in total. The highest BCUT2D eigenvalue weighted by Crippen LogP contribution is 2.47. The van der Waals surface area contributed by atoms with E-state index < -0.39 is 24.2 Å². The number of halogens is 2. The van der Waals surface area contributed by atoms with E-state index >= 15 is 0 Å². The highest BCUT2D eigenvalue weighted by molar-refractivity contribution is 7.98. The van der Waals surface area contributed by atoms with Crippen LogP contribution < -0.4 is 5.32 Å². The van der Waals surface area contributed by atoms with Crippen LogP contribution in [0.1, 0.15) is 36.3 Å². The maximum Gasteiger partial charge on any atom is 0.249 e. The average Bonchev–Trinajstić information content (AvgIpc) is 2.86. The lowest BCUT2D eigenvalue weighted by molar-refractivity contribution is -0.133. The number of carbonyl (C=O) groups excluding carboxylic acids is 1. The van der Waals surface area contributed by atoms with Gasteiger partial charge in [-0.15, -0.1) is 11.8 Å². The number of thioether (sulfide) groups is 1. The van der Waals surface area contributed by atoms with Crippen molar-refractivity contribution in [1.82, 2.24) is 10.3 Å². The van der Waals surface area contributed by atoms with E-state index in [0.717, 1.165) is 32.9 Å². The molecule has 1 saturated carbocycles. The van der Waals surface area contributed by atoms with Gasteiger partial charge in [0, 0.05) is 35.9 Å². The molecule has 1 aromatic heterocycles. The average molecular weight is 478 g/mol. The number of aromatic nitrogens is 1. The van der Waals surface area contributed by atoms with Crippen LogP contribution in [-0.2, 0) is 10.5 Å². The van der Waals surface area contributed by atoms with Gasteiger partial charge in [0.25, 0.3) is 0 Å². The Bertz CT molecular complexity index is 1160. The lowest BCUT2D eigenvalue weighted by Gasteiger charge is -2.36. The first-order valence-electron chi connectivity index (χ1n) is 11.2. The van der Waals surface area contributed by atoms with Crippen molar-refractivity contribution in [3.8, 4) is 17.2 Å². The van der Waals surface area contributed by atoms with E-state index in [0.29, 0.717) is 0 Å². The van der Waals surface area contributed by atoms with E-state index in [1.807, 2.05) is 60.8 Å². The van der Waals surface area contributed by atoms with E-state index in [1.54, 1.807) is 18.0 Å². The van der Waals surface area contributed by atoms with Crippen LogP contribution in [0, 0.1) is 17.2 Å². The Hall–Kier alpha value is -3.24. The molecule has 2 atom stereocenters. The summed E-state index contributed by atoms with van der Waals surface area (Å²) in [6.07, 6.45) is 3.07. The number of carbonyl (C=O) groups is 1. The van der Waals surface area contributed by atoms with Crippen molar-refractivity contribution in [2.24, 2.45) is 5.92 Å². The predicted octanol–water partition coefficient (Wildman–Crippen LogP) is 6.20. The molecule has 0 bridgehead atoms. The largest absolute Gasteiger partial charge is 0.343 e. The Kier molecular flexibility index (Phi) is 7.59. The highest BCUT2D eigenvalue weighted by atomic mass is 32.2. The van der Waals surface area contributed by atoms with Gasteiger partial charge in [0.1, 0.15) is 6.54 Å². The first kappa shape index (κ1) is 23.9. The molecule has 3 aromatic rings. The summed E-state index contributed by atoms with van der Waals surface area (Å²) < 4.78 is 28.5. The second-order valence-corrected chi connectivity index (χ2v) is 9.50. The Balaban J connectivity index is 1.57. The van der Waals surface area contributed by atoms with Crippen LogP contribution in [0.5, 0.6) is 0 Å². The number of hydrogen-bond acceptors (Lipinski definition) is 4. The lowest BCUT2D eigenvalue weighted by atomic mass is 9.72. The number of hydrogen-bond donors (Lipinski definition) is 1. The van der Waals surface area contributed by atoms with Crippen LogP contribution in [0.3, 0.4) is 0 Å². The topological polar surface area (TPSA) is 65.8 Å². The summed E-state index contributed by atoms with van der Waals surface area (Å²) >= 11 is 1.72. The fraction of sp³-hybridized carbons (Fsp3) is 0.296. The molecule has 4 nitrogen and oxygen atoms in total. The zero-order chi connectivity index (χ0) is 24.0. The standard InChI is InChI=1S/C27H25F2N3OS/c28-27(29)12-11-24(25(16-27)26(33)32-15-13-30)23-6-2-1-5-22(23)20-7-9-21(10-8-20)34-18-19-4-3-14-31-17-19/h1-10,14,17,24-25H,11-12,15-16,18H2,(H,32,33). The van der Waals surface area contributed by atoms with Crippen LogP contribution in [-0.4, -0.2) is 23.4 Å². The molecule has 1 aliphatic carbocycles. The van der Waals surface area contributed by atoms with E-state index in [2.05, 4.69) is 22.4 Å². The molecule has 2 aromatic carbocycles. The normalized spacial score (nSPS) is 19.2. The number of benzene rings is 2. The number of rotatable bonds is 7. The van der Waals surface area contributed by atoms with Gasteiger partial charge in [-0.25, -0.2) is 8.78 Å². The van der Waals surface area contributed by atoms with Gasteiger partial charge in [-0.1, -0.05) is 42.5 Å². The second-order valence-electron chi connectivity index (χ2n) is 8.45. The minimum absolute atomic E-state index is 0.187. The third-order valence-corrected chi connectivity index (χ3v) is 7.24. The number of alkyl halides is 2. The van der Waals surface area contributed by atoms with Crippen molar-refractivity contribution in [1.29, 1.82) is 5.26 Å². The Morgan fingerprint density at radius 1 is 1.15 bits per heavy atom. The molecule has 0 spiro atoms. The molecular formula is C27H25F2N3OS. The minimum Gasteiger partial charge on any atom is -0.343 e. The van der Waals surface area contributed by atoms with Crippen LogP contribution >= 0.6 is 11.8 Å². The van der Waals surface area contributed by atoms with Crippen LogP contribution in [0.25, 0.3) is 11.1 Å². The summed E-state index contributed by atoms with van der Waals surface area (Å²) in [7, 11) is 0. The smallest absolute Gasteiger partial charge is 0.249 e. The predicted molar refractivity (Wildman–Crippen MR) is 129 cm³/mol. The monoisotopic (exact) mass is 477 g/mol. The quantitative estimate of drug-likeness (QED) is 0.325. The molecule has 0 aliphatic heterocycles. The van der Waals surface area contributed by atoms with E-state index in [-0.39, 0.29) is 25.3 Å². The van der Waals surface area contributed by atoms with Gasteiger partial charge in [-0.05, 0) is 52.8 Å². The fourth-order valence-corrected chi connectivity index (χ4v) is 5.34. The van der Waals surface area contributed by atoms with Gasteiger partial charge >= 0.3 is 0 Å². The first-order valence-corrected chi connectivity index (χ1v) is 12.2. The number of nitriles is 1. The third kappa shape index (κ3) is 5.81. The third-order valence-electron chi connectivity index (χ3n) is 6.16. The number of nitrogens with one attached hydrogen (secondary N) is 1. The van der Waals surface area contributed by atoms with Crippen LogP contribution in [0.15, 0.2) is 78.0 Å². The number of nitrogens with zero attached hydrogens (tertiary/aromatic N) is 2. The fourth-order valence-electron chi connectivity index (χ4n) is 4.50. The van der Waals surface area contributed by atoms with Crippen molar-refractivity contribution < 1.29 is 13.6 Å². The van der Waals surface area contributed by atoms with Gasteiger partial charge in [0.15, 0.2) is 0 Å². The van der Waals surface area contributed by atoms with Crippen LogP contribution in [0.2, 0.25) is 0 Å². The zero-order valence-electron chi connectivity index (χ0n) is 18.6. The van der Waals surface area contributed by atoms with Crippen molar-refractivity contribution in [2.75, 3.05) is 6.54 Å². The summed E-state index contributed by atoms with van der Waals surface area (Å²) in [6, 6.07) is 21.7. The van der Waals surface area contributed by atoms with E-state index in [1.165, 1.54) is 0 Å². The van der Waals surface area contributed by atoms with Crippen LogP contribution in [0.4, 0.5) is 8.78 Å². The Labute approximate surface area is 202 Å². The van der Waals surface area contributed by atoms with Gasteiger partial charge in [0.05, 0.1) is 12.0 Å². The molecule has 1 amide bonds. The van der Waals surface area contributed by atoms with Crippen molar-refractivity contribution in [3.63, 3.8) is 0 Å².